The third kappa shape index (κ3) is 3.77. The van der Waals surface area contributed by atoms with Gasteiger partial charge in [-0.1, -0.05) is 0 Å². The van der Waals surface area contributed by atoms with E-state index in [9.17, 15) is 9.59 Å². The quantitative estimate of drug-likeness (QED) is 0.771. The van der Waals surface area contributed by atoms with Gasteiger partial charge in [-0.25, -0.2) is 4.68 Å². The highest BCUT2D eigenvalue weighted by Gasteiger charge is 2.29. The molecule has 2 aliphatic heterocycles. The minimum Gasteiger partial charge on any atom is -0.495 e. The van der Waals surface area contributed by atoms with Crippen LogP contribution in [0.2, 0.25) is 0 Å². The summed E-state index contributed by atoms with van der Waals surface area (Å²) in [5, 5.41) is 6.28. The average molecular weight is 404 g/mol. The fraction of sp³-hybridized carbons (Fsp3) is 0.526. The molecular weight excluding hydrogens is 380 g/mol. The Bertz CT molecular complexity index is 890. The molecule has 4 heterocycles. The molecule has 0 spiro atoms. The van der Waals surface area contributed by atoms with Gasteiger partial charge in [0.25, 0.3) is 11.5 Å². The Kier molecular flexibility index (Phi) is 5.63. The Morgan fingerprint density at radius 2 is 2.14 bits per heavy atom. The lowest BCUT2D eigenvalue weighted by atomic mass is 10.1. The van der Waals surface area contributed by atoms with Gasteiger partial charge in [-0.05, 0) is 24.3 Å². The molecule has 0 aliphatic carbocycles. The van der Waals surface area contributed by atoms with Crippen LogP contribution in [-0.4, -0.2) is 67.1 Å². The Labute approximate surface area is 167 Å². The van der Waals surface area contributed by atoms with E-state index in [-0.39, 0.29) is 17.5 Å². The number of aromatic nitrogens is 2. The van der Waals surface area contributed by atoms with Crippen LogP contribution in [0.1, 0.15) is 28.6 Å². The predicted octanol–water partition coefficient (Wildman–Crippen LogP) is 1.63. The molecule has 2 aliphatic rings. The smallest absolute Gasteiger partial charge is 0.269 e. The van der Waals surface area contributed by atoms with Crippen LogP contribution in [0.5, 0.6) is 5.75 Å². The third-order valence-corrected chi connectivity index (χ3v) is 6.14. The molecule has 4 rings (SSSR count). The number of piperidine rings is 1. The second-order valence-electron chi connectivity index (χ2n) is 6.96. The van der Waals surface area contributed by atoms with E-state index in [0.717, 1.165) is 31.6 Å². The van der Waals surface area contributed by atoms with Crippen LogP contribution in [0.3, 0.4) is 0 Å². The number of hydrogen-bond donors (Lipinski definition) is 0. The molecule has 0 radical (unpaired) electrons. The van der Waals surface area contributed by atoms with Crippen molar-refractivity contribution in [2.45, 2.75) is 18.9 Å². The molecule has 0 bridgehead atoms. The van der Waals surface area contributed by atoms with Crippen LogP contribution in [0.25, 0.3) is 0 Å². The minimum absolute atomic E-state index is 0.0467. The van der Waals surface area contributed by atoms with Crippen molar-refractivity contribution in [1.82, 2.24) is 14.7 Å². The fourth-order valence-electron chi connectivity index (χ4n) is 3.77. The maximum atomic E-state index is 12.9. The monoisotopic (exact) mass is 404 g/mol. The van der Waals surface area contributed by atoms with E-state index in [1.807, 2.05) is 5.38 Å². The van der Waals surface area contributed by atoms with Crippen molar-refractivity contribution < 1.29 is 14.3 Å². The number of rotatable bonds is 4. The maximum absolute atomic E-state index is 12.9. The Balaban J connectivity index is 1.50. The number of morpholine rings is 1. The first-order valence-electron chi connectivity index (χ1n) is 9.49. The van der Waals surface area contributed by atoms with Crippen molar-refractivity contribution in [2.75, 3.05) is 51.4 Å². The highest BCUT2D eigenvalue weighted by Crippen LogP contribution is 2.28. The average Bonchev–Trinajstić information content (AvgIpc) is 3.23. The standard InChI is InChI=1S/C19H24N4O4S/c1-26-16-4-10-28-18(16)19(25)22-5-2-3-14(13-22)23-17(24)11-15(12-20-23)21-6-8-27-9-7-21/h4,10-12,14H,2-3,5-9,13H2,1H3/t14-/m0/s1. The number of methoxy groups -OCH3 is 1. The van der Waals surface area contributed by atoms with Gasteiger partial charge in [0, 0.05) is 32.2 Å². The number of thiophene rings is 1. The van der Waals surface area contributed by atoms with Gasteiger partial charge in [-0.15, -0.1) is 11.3 Å². The molecule has 2 saturated heterocycles. The van der Waals surface area contributed by atoms with Crippen molar-refractivity contribution in [3.05, 3.63) is 38.9 Å². The molecule has 0 saturated carbocycles. The SMILES string of the molecule is COc1ccsc1C(=O)N1CCC[C@H](n2ncc(N3CCOCC3)cc2=O)C1. The molecule has 2 aromatic heterocycles. The second kappa shape index (κ2) is 8.32. The molecule has 0 N–H and O–H groups in total. The van der Waals surface area contributed by atoms with E-state index in [4.69, 9.17) is 9.47 Å². The first-order valence-corrected chi connectivity index (χ1v) is 10.4. The van der Waals surface area contributed by atoms with Gasteiger partial charge >= 0.3 is 0 Å². The summed E-state index contributed by atoms with van der Waals surface area (Å²) in [5.74, 6) is 0.553. The van der Waals surface area contributed by atoms with Gasteiger partial charge in [0.05, 0.1) is 38.2 Å². The molecule has 28 heavy (non-hydrogen) atoms. The van der Waals surface area contributed by atoms with Gasteiger partial charge in [-0.3, -0.25) is 9.59 Å². The zero-order valence-corrected chi connectivity index (χ0v) is 16.7. The van der Waals surface area contributed by atoms with E-state index < -0.39 is 0 Å². The van der Waals surface area contributed by atoms with Gasteiger partial charge in [0.1, 0.15) is 10.6 Å². The molecular formula is C19H24N4O4S. The summed E-state index contributed by atoms with van der Waals surface area (Å²) in [6, 6.07) is 3.33. The molecule has 2 aromatic rings. The summed E-state index contributed by atoms with van der Waals surface area (Å²) in [6.07, 6.45) is 3.41. The second-order valence-corrected chi connectivity index (χ2v) is 7.88. The number of ether oxygens (including phenoxy) is 2. The first kappa shape index (κ1) is 18.9. The number of carbonyl (C=O) groups excluding carboxylic acids is 1. The van der Waals surface area contributed by atoms with Crippen molar-refractivity contribution in [3.8, 4) is 5.75 Å². The van der Waals surface area contributed by atoms with E-state index in [1.54, 1.807) is 30.3 Å². The van der Waals surface area contributed by atoms with Crippen molar-refractivity contribution in [1.29, 1.82) is 0 Å². The Morgan fingerprint density at radius 1 is 1.32 bits per heavy atom. The normalized spacial score (nSPS) is 20.2. The number of carbonyl (C=O) groups is 1. The number of hydrogen-bond acceptors (Lipinski definition) is 7. The van der Waals surface area contributed by atoms with Crippen molar-refractivity contribution in [3.63, 3.8) is 0 Å². The topological polar surface area (TPSA) is 76.9 Å². The maximum Gasteiger partial charge on any atom is 0.269 e. The lowest BCUT2D eigenvalue weighted by Crippen LogP contribution is -2.43. The van der Waals surface area contributed by atoms with Crippen molar-refractivity contribution >= 4 is 22.9 Å². The zero-order chi connectivity index (χ0) is 19.5. The summed E-state index contributed by atoms with van der Waals surface area (Å²) in [4.78, 5) is 30.1. The number of amides is 1. The third-order valence-electron chi connectivity index (χ3n) is 5.26. The lowest BCUT2D eigenvalue weighted by Gasteiger charge is -2.33. The molecule has 1 atom stereocenters. The summed E-state index contributed by atoms with van der Waals surface area (Å²) >= 11 is 1.38. The highest BCUT2D eigenvalue weighted by atomic mass is 32.1. The van der Waals surface area contributed by atoms with Gasteiger partial charge in [-0.2, -0.15) is 5.10 Å². The number of nitrogens with zero attached hydrogens (tertiary/aromatic N) is 4. The Morgan fingerprint density at radius 3 is 2.89 bits per heavy atom. The van der Waals surface area contributed by atoms with Crippen molar-refractivity contribution in [2.24, 2.45) is 0 Å². The number of likely N-dealkylation sites (tertiary alicyclic amines) is 1. The van der Waals surface area contributed by atoms with E-state index >= 15 is 0 Å². The Hall–Kier alpha value is -2.39. The number of anilines is 1. The first-order chi connectivity index (χ1) is 13.7. The van der Waals surface area contributed by atoms with E-state index in [1.165, 1.54) is 16.0 Å². The van der Waals surface area contributed by atoms with Crippen LogP contribution in [0.15, 0.2) is 28.5 Å². The molecule has 0 aromatic carbocycles. The van der Waals surface area contributed by atoms with Crippen LogP contribution in [0.4, 0.5) is 5.69 Å². The van der Waals surface area contributed by atoms with Gasteiger partial charge < -0.3 is 19.3 Å². The van der Waals surface area contributed by atoms with Gasteiger partial charge in [0.2, 0.25) is 0 Å². The summed E-state index contributed by atoms with van der Waals surface area (Å²) in [7, 11) is 1.57. The van der Waals surface area contributed by atoms with E-state index in [2.05, 4.69) is 10.00 Å². The molecule has 8 nitrogen and oxygen atoms in total. The van der Waals surface area contributed by atoms with Crippen LogP contribution in [0, 0.1) is 0 Å². The zero-order valence-electron chi connectivity index (χ0n) is 15.9. The largest absolute Gasteiger partial charge is 0.495 e. The predicted molar refractivity (Wildman–Crippen MR) is 107 cm³/mol. The van der Waals surface area contributed by atoms with Gasteiger partial charge in [0.15, 0.2) is 0 Å². The van der Waals surface area contributed by atoms with E-state index in [0.29, 0.717) is 36.9 Å². The minimum atomic E-state index is -0.128. The molecule has 1 amide bonds. The highest BCUT2D eigenvalue weighted by molar-refractivity contribution is 7.12. The summed E-state index contributed by atoms with van der Waals surface area (Å²) in [5.41, 5.74) is 0.702. The fourth-order valence-corrected chi connectivity index (χ4v) is 4.60. The summed E-state index contributed by atoms with van der Waals surface area (Å²) in [6.45, 7) is 4.00. The molecule has 0 unspecified atom stereocenters. The van der Waals surface area contributed by atoms with Crippen LogP contribution in [-0.2, 0) is 4.74 Å². The van der Waals surface area contributed by atoms with Crippen LogP contribution >= 0.6 is 11.3 Å². The molecule has 9 heteroatoms. The molecule has 2 fully saturated rings. The van der Waals surface area contributed by atoms with Crippen LogP contribution < -0.4 is 15.2 Å². The molecule has 150 valence electrons. The lowest BCUT2D eigenvalue weighted by molar-refractivity contribution is 0.0672. The summed E-state index contributed by atoms with van der Waals surface area (Å²) < 4.78 is 12.2.